The number of morpholine rings is 2. The van der Waals surface area contributed by atoms with Gasteiger partial charge in [-0.25, -0.2) is 15.0 Å². The van der Waals surface area contributed by atoms with Crippen LogP contribution in [0.4, 0.5) is 23.0 Å². The molecule has 0 saturated carbocycles. The molecule has 4 atom stereocenters. The van der Waals surface area contributed by atoms with Gasteiger partial charge in [0.15, 0.2) is 11.6 Å². The van der Waals surface area contributed by atoms with Crippen LogP contribution in [0.1, 0.15) is 54.8 Å². The molecule has 6 heterocycles. The van der Waals surface area contributed by atoms with Gasteiger partial charge in [-0.3, -0.25) is 10.1 Å². The first-order valence-electron chi connectivity index (χ1n) is 18.1. The number of aliphatic hydroxyl groups is 1. The van der Waals surface area contributed by atoms with E-state index in [2.05, 4.69) is 24.8 Å². The van der Waals surface area contributed by atoms with Gasteiger partial charge in [0.25, 0.3) is 5.69 Å². The number of ether oxygens (including phenoxy) is 3. The summed E-state index contributed by atoms with van der Waals surface area (Å²) in [7, 11) is 0. The Morgan fingerprint density at radius 2 is 1.22 bits per heavy atom. The van der Waals surface area contributed by atoms with Crippen molar-refractivity contribution in [3.63, 3.8) is 0 Å². The van der Waals surface area contributed by atoms with Gasteiger partial charge < -0.3 is 36.3 Å². The first kappa shape index (κ1) is 41.5. The number of anilines is 3. The first-order valence-corrected chi connectivity index (χ1v) is 18.5. The van der Waals surface area contributed by atoms with Crippen molar-refractivity contribution in [3.8, 4) is 28.7 Å². The number of nitrogens with zero attached hydrogens (tertiary/aromatic N) is 7. The molecule has 8 rings (SSSR count). The largest absolute Gasteiger partial charge is 1.00 e. The van der Waals surface area contributed by atoms with Crippen molar-refractivity contribution in [2.75, 3.05) is 41.7 Å². The van der Waals surface area contributed by atoms with E-state index < -0.39 is 4.92 Å². The van der Waals surface area contributed by atoms with Crippen molar-refractivity contribution in [1.82, 2.24) is 19.9 Å². The number of aliphatic hydroxyl groups excluding tert-OH is 1. The molecule has 0 radical (unpaired) electrons. The molecule has 4 saturated heterocycles. The monoisotopic (exact) mass is 770 g/mol. The van der Waals surface area contributed by atoms with E-state index in [0.717, 1.165) is 74.7 Å². The minimum Gasteiger partial charge on any atom is -1.00 e. The SMILES string of the molecule is CC(C)O.CC(C)Oc1cc(N2CC3CCC(C2)O3)nc(-c2ccc(N)cc2)n1.O=[N+]([O-])c1ccc(-c2nc(Cl)cc(N3CC4CCC(C3)O4)n2)cc1.[H-].[Na+]. The Bertz CT molecular complexity index is 1840. The number of fused-ring (bicyclic) bond motifs is 4. The fraction of sp³-hybridized carbons (Fsp3) is 0.474. The van der Waals surface area contributed by atoms with Gasteiger partial charge in [0.05, 0.1) is 35.4 Å². The maximum absolute atomic E-state index is 10.8. The summed E-state index contributed by atoms with van der Waals surface area (Å²) in [4.78, 5) is 33.0. The van der Waals surface area contributed by atoms with Gasteiger partial charge in [-0.05, 0) is 89.8 Å². The number of nitro benzene ring substituents is 1. The van der Waals surface area contributed by atoms with Crippen LogP contribution in [0.2, 0.25) is 5.15 Å². The van der Waals surface area contributed by atoms with Crippen LogP contribution in [-0.2, 0) is 9.47 Å². The Balaban J connectivity index is 0.000000216. The molecule has 4 fully saturated rings. The van der Waals surface area contributed by atoms with Crippen LogP contribution >= 0.6 is 11.6 Å². The molecular formula is C38H48ClN8NaO6. The molecule has 4 aromatic rings. The number of halogens is 1. The molecular weight excluding hydrogens is 723 g/mol. The number of aromatic nitrogens is 4. The van der Waals surface area contributed by atoms with Crippen molar-refractivity contribution in [2.45, 2.75) is 90.0 Å². The average molecular weight is 771 g/mol. The zero-order valence-corrected chi connectivity index (χ0v) is 34.2. The molecule has 4 bridgehead atoms. The quantitative estimate of drug-likeness (QED) is 0.0920. The zero-order chi connectivity index (χ0) is 37.6. The van der Waals surface area contributed by atoms with E-state index >= 15 is 0 Å². The Morgan fingerprint density at radius 3 is 1.67 bits per heavy atom. The summed E-state index contributed by atoms with van der Waals surface area (Å²) in [5.74, 6) is 3.39. The van der Waals surface area contributed by atoms with Gasteiger partial charge in [0, 0.05) is 73.4 Å². The number of benzene rings is 2. The number of nitro groups is 1. The minimum atomic E-state index is -0.433. The van der Waals surface area contributed by atoms with E-state index in [9.17, 15) is 10.1 Å². The Labute approximate surface area is 344 Å². The van der Waals surface area contributed by atoms with Gasteiger partial charge in [-0.1, -0.05) is 11.6 Å². The summed E-state index contributed by atoms with van der Waals surface area (Å²) in [6.07, 6.45) is 5.43. The summed E-state index contributed by atoms with van der Waals surface area (Å²) >= 11 is 6.17. The fourth-order valence-electron chi connectivity index (χ4n) is 6.67. The third-order valence-electron chi connectivity index (χ3n) is 8.97. The van der Waals surface area contributed by atoms with Crippen LogP contribution in [0.25, 0.3) is 22.8 Å². The smallest absolute Gasteiger partial charge is 1.00 e. The Hall–Kier alpha value is -3.63. The van der Waals surface area contributed by atoms with Gasteiger partial charge in [-0.15, -0.1) is 0 Å². The third kappa shape index (κ3) is 11.2. The van der Waals surface area contributed by atoms with E-state index in [1.165, 1.54) is 12.1 Å². The molecule has 14 nitrogen and oxygen atoms in total. The van der Waals surface area contributed by atoms with Gasteiger partial charge in [0.1, 0.15) is 16.8 Å². The van der Waals surface area contributed by atoms with E-state index in [0.29, 0.717) is 40.5 Å². The number of hydrogen-bond acceptors (Lipinski definition) is 13. The number of hydrogen-bond donors (Lipinski definition) is 2. The van der Waals surface area contributed by atoms with Crippen LogP contribution in [0.3, 0.4) is 0 Å². The normalized spacial score (nSPS) is 21.1. The second kappa shape index (κ2) is 18.8. The van der Waals surface area contributed by atoms with Crippen molar-refractivity contribution >= 4 is 34.6 Å². The number of non-ortho nitro benzene ring substituents is 1. The Kier molecular flexibility index (Phi) is 14.5. The fourth-order valence-corrected chi connectivity index (χ4v) is 6.85. The van der Waals surface area contributed by atoms with E-state index in [1.54, 1.807) is 32.0 Å². The minimum absolute atomic E-state index is 0. The van der Waals surface area contributed by atoms with Crippen LogP contribution in [-0.4, -0.2) is 92.8 Å². The number of nitrogens with two attached hydrogens (primary N) is 1. The molecule has 0 aliphatic carbocycles. The molecule has 16 heteroatoms. The zero-order valence-electron chi connectivity index (χ0n) is 32.5. The summed E-state index contributed by atoms with van der Waals surface area (Å²) in [6.45, 7) is 10.8. The van der Waals surface area contributed by atoms with Crippen LogP contribution in [0.15, 0.2) is 60.7 Å². The molecule has 0 spiro atoms. The number of nitrogen functional groups attached to an aromatic ring is 1. The van der Waals surface area contributed by atoms with Crippen molar-refractivity contribution < 1.29 is 55.2 Å². The molecule has 2 aromatic carbocycles. The van der Waals surface area contributed by atoms with Crippen molar-refractivity contribution in [3.05, 3.63) is 75.9 Å². The predicted octanol–water partition coefficient (Wildman–Crippen LogP) is 3.46. The van der Waals surface area contributed by atoms with Crippen molar-refractivity contribution in [2.24, 2.45) is 0 Å². The second-order valence-electron chi connectivity index (χ2n) is 14.2. The van der Waals surface area contributed by atoms with Crippen LogP contribution in [0, 0.1) is 10.1 Å². The van der Waals surface area contributed by atoms with Gasteiger partial charge in [0.2, 0.25) is 5.88 Å². The number of rotatable bonds is 7. The topological polar surface area (TPSA) is 175 Å². The maximum atomic E-state index is 10.8. The molecule has 2 aromatic heterocycles. The predicted molar refractivity (Wildman–Crippen MR) is 205 cm³/mol. The van der Waals surface area contributed by atoms with E-state index in [-0.39, 0.29) is 61.1 Å². The third-order valence-corrected chi connectivity index (χ3v) is 9.16. The molecule has 54 heavy (non-hydrogen) atoms. The summed E-state index contributed by atoms with van der Waals surface area (Å²) in [6, 6.07) is 17.4. The van der Waals surface area contributed by atoms with E-state index in [1.807, 2.05) is 44.2 Å². The molecule has 284 valence electrons. The second-order valence-corrected chi connectivity index (χ2v) is 14.6. The van der Waals surface area contributed by atoms with Gasteiger partial charge in [-0.2, -0.15) is 4.98 Å². The average Bonchev–Trinajstić information content (AvgIpc) is 3.65. The summed E-state index contributed by atoms with van der Waals surface area (Å²) in [5, 5.41) is 19.2. The molecule has 4 aliphatic heterocycles. The molecule has 4 unspecified atom stereocenters. The molecule has 3 N–H and O–H groups in total. The maximum Gasteiger partial charge on any atom is 1.00 e. The van der Waals surface area contributed by atoms with Gasteiger partial charge >= 0.3 is 29.6 Å². The Morgan fingerprint density at radius 1 is 0.796 bits per heavy atom. The van der Waals surface area contributed by atoms with Crippen LogP contribution < -0.4 is 49.8 Å². The standard InChI is InChI=1S/C19H24N4O2.C16H15ClN4O3.C3H8O.Na.H/c1-12(2)24-18-9-17(23-10-15-7-8-16(11-23)25-15)21-19(22-18)13-3-5-14(20)6-4-13;17-14-7-15(20-8-12-5-6-13(9-20)24-12)19-16(18-14)10-1-3-11(4-2-10)21(22)23;1-3(2)4;;/h3-6,9,12,15-16H,7-8,10-11,20H2,1-2H3;1-4,7,12-13H,5-6,8-9H2;3-4H,1-2H3;;/q;;;+1;-1. The molecule has 4 aliphatic rings. The summed E-state index contributed by atoms with van der Waals surface area (Å²) < 4.78 is 17.7. The molecule has 0 amide bonds. The first-order chi connectivity index (χ1) is 25.4. The summed E-state index contributed by atoms with van der Waals surface area (Å²) in [5.41, 5.74) is 8.18. The van der Waals surface area contributed by atoms with E-state index in [4.69, 9.17) is 41.6 Å². The van der Waals surface area contributed by atoms with Crippen LogP contribution in [0.5, 0.6) is 5.88 Å². The van der Waals surface area contributed by atoms with Crippen molar-refractivity contribution in [1.29, 1.82) is 0 Å².